The first-order valence-corrected chi connectivity index (χ1v) is 6.98. The highest BCUT2D eigenvalue weighted by atomic mass is 16.4. The monoisotopic (exact) mass is 293 g/mol. The van der Waals surface area contributed by atoms with Crippen LogP contribution in [0, 0.1) is 5.92 Å². The second-order valence-corrected chi connectivity index (χ2v) is 5.32. The van der Waals surface area contributed by atoms with Gasteiger partial charge < -0.3 is 21.1 Å². The zero-order chi connectivity index (χ0) is 15.8. The number of benzene rings is 1. The number of carbonyl (C=O) groups is 2. The van der Waals surface area contributed by atoms with Crippen molar-refractivity contribution < 1.29 is 14.7 Å². The number of amides is 1. The highest BCUT2D eigenvalue weighted by Gasteiger charge is 2.15. The van der Waals surface area contributed by atoms with Crippen molar-refractivity contribution >= 4 is 23.3 Å². The largest absolute Gasteiger partial charge is 0.481 e. The Kier molecular flexibility index (Phi) is 6.52. The van der Waals surface area contributed by atoms with Crippen LogP contribution in [-0.4, -0.2) is 36.6 Å². The molecule has 0 aliphatic carbocycles. The van der Waals surface area contributed by atoms with E-state index in [1.54, 1.807) is 23.1 Å². The van der Waals surface area contributed by atoms with Gasteiger partial charge in [-0.2, -0.15) is 0 Å². The maximum atomic E-state index is 11.9. The number of nitrogens with two attached hydrogens (primary N) is 1. The third-order valence-corrected chi connectivity index (χ3v) is 2.91. The standard InChI is InChI=1S/C15H23N3O3/c1-11(2)9-17-14(19)10-18(8-7-15(20)21)13-6-4-3-5-12(13)16/h3-6,11H,7-10,16H2,1-2H3,(H,17,19)(H,20,21). The van der Waals surface area contributed by atoms with E-state index < -0.39 is 5.97 Å². The van der Waals surface area contributed by atoms with Gasteiger partial charge in [-0.1, -0.05) is 26.0 Å². The van der Waals surface area contributed by atoms with Gasteiger partial charge in [0.2, 0.25) is 5.91 Å². The lowest BCUT2D eigenvalue weighted by atomic mass is 10.2. The Morgan fingerprint density at radius 3 is 2.57 bits per heavy atom. The first-order chi connectivity index (χ1) is 9.90. The van der Waals surface area contributed by atoms with E-state index in [0.717, 1.165) is 0 Å². The molecule has 1 aromatic carbocycles. The molecule has 0 saturated heterocycles. The molecule has 0 radical (unpaired) electrons. The average molecular weight is 293 g/mol. The number of nitrogens with zero attached hydrogens (tertiary/aromatic N) is 1. The second-order valence-electron chi connectivity index (χ2n) is 5.32. The molecule has 0 unspecified atom stereocenters. The van der Waals surface area contributed by atoms with Gasteiger partial charge in [-0.3, -0.25) is 9.59 Å². The van der Waals surface area contributed by atoms with Crippen LogP contribution in [0.1, 0.15) is 20.3 Å². The predicted octanol–water partition coefficient (Wildman–Crippen LogP) is 1.32. The number of carbonyl (C=O) groups excluding carboxylic acids is 1. The summed E-state index contributed by atoms with van der Waals surface area (Å²) in [5.41, 5.74) is 7.11. The summed E-state index contributed by atoms with van der Waals surface area (Å²) in [6, 6.07) is 7.13. The maximum absolute atomic E-state index is 11.9. The Morgan fingerprint density at radius 2 is 2.00 bits per heavy atom. The molecule has 0 spiro atoms. The van der Waals surface area contributed by atoms with Gasteiger partial charge in [0.15, 0.2) is 0 Å². The van der Waals surface area contributed by atoms with Gasteiger partial charge in [0, 0.05) is 13.1 Å². The fourth-order valence-electron chi connectivity index (χ4n) is 1.84. The quantitative estimate of drug-likeness (QED) is 0.628. The van der Waals surface area contributed by atoms with Crippen LogP contribution in [0.4, 0.5) is 11.4 Å². The summed E-state index contributed by atoms with van der Waals surface area (Å²) in [6.07, 6.45) is -0.0498. The van der Waals surface area contributed by atoms with Crippen molar-refractivity contribution in [3.63, 3.8) is 0 Å². The van der Waals surface area contributed by atoms with Crippen LogP contribution in [0.5, 0.6) is 0 Å². The van der Waals surface area contributed by atoms with Crippen LogP contribution >= 0.6 is 0 Å². The van der Waals surface area contributed by atoms with Gasteiger partial charge in [0.1, 0.15) is 0 Å². The van der Waals surface area contributed by atoms with Gasteiger partial charge in [-0.25, -0.2) is 0 Å². The molecule has 0 saturated carbocycles. The Bertz CT molecular complexity index is 489. The molecule has 1 amide bonds. The number of carboxylic acid groups (broad SMARTS) is 1. The topological polar surface area (TPSA) is 95.7 Å². The van der Waals surface area contributed by atoms with Crippen LogP contribution in [0.25, 0.3) is 0 Å². The van der Waals surface area contributed by atoms with Crippen LogP contribution in [0.2, 0.25) is 0 Å². The van der Waals surface area contributed by atoms with E-state index in [4.69, 9.17) is 10.8 Å². The minimum atomic E-state index is -0.905. The van der Waals surface area contributed by atoms with Crippen LogP contribution < -0.4 is 16.0 Å². The van der Waals surface area contributed by atoms with Crippen molar-refractivity contribution in [2.45, 2.75) is 20.3 Å². The second kappa shape index (κ2) is 8.14. The summed E-state index contributed by atoms with van der Waals surface area (Å²) >= 11 is 0. The van der Waals surface area contributed by atoms with Crippen molar-refractivity contribution in [3.8, 4) is 0 Å². The van der Waals surface area contributed by atoms with Gasteiger partial charge in [0.25, 0.3) is 0 Å². The average Bonchev–Trinajstić information content (AvgIpc) is 2.41. The molecule has 0 heterocycles. The van der Waals surface area contributed by atoms with Crippen molar-refractivity contribution in [1.29, 1.82) is 0 Å². The molecule has 21 heavy (non-hydrogen) atoms. The van der Waals surface area contributed by atoms with E-state index in [0.29, 0.717) is 23.8 Å². The summed E-state index contributed by atoms with van der Waals surface area (Å²) in [7, 11) is 0. The number of nitrogens with one attached hydrogen (secondary N) is 1. The molecule has 1 rings (SSSR count). The number of para-hydroxylation sites is 2. The Hall–Kier alpha value is -2.24. The third-order valence-electron chi connectivity index (χ3n) is 2.91. The maximum Gasteiger partial charge on any atom is 0.305 e. The molecule has 0 bridgehead atoms. The number of rotatable bonds is 8. The van der Waals surface area contributed by atoms with Crippen molar-refractivity contribution in [3.05, 3.63) is 24.3 Å². The van der Waals surface area contributed by atoms with Crippen LogP contribution in [-0.2, 0) is 9.59 Å². The number of hydrogen-bond donors (Lipinski definition) is 3. The molecule has 1 aromatic rings. The highest BCUT2D eigenvalue weighted by Crippen LogP contribution is 2.22. The Labute approximate surface area is 124 Å². The zero-order valence-corrected chi connectivity index (χ0v) is 12.5. The van der Waals surface area contributed by atoms with E-state index in [2.05, 4.69) is 5.32 Å². The molecule has 116 valence electrons. The van der Waals surface area contributed by atoms with Crippen molar-refractivity contribution in [1.82, 2.24) is 5.32 Å². The highest BCUT2D eigenvalue weighted by molar-refractivity contribution is 5.83. The first kappa shape index (κ1) is 16.8. The van der Waals surface area contributed by atoms with Crippen molar-refractivity contribution in [2.75, 3.05) is 30.3 Å². The molecule has 4 N–H and O–H groups in total. The molecule has 6 nitrogen and oxygen atoms in total. The predicted molar refractivity (Wildman–Crippen MR) is 83.2 cm³/mol. The summed E-state index contributed by atoms with van der Waals surface area (Å²) in [5.74, 6) is -0.683. The number of anilines is 2. The Balaban J connectivity index is 2.75. The first-order valence-electron chi connectivity index (χ1n) is 6.98. The number of aliphatic carboxylic acids is 1. The summed E-state index contributed by atoms with van der Waals surface area (Å²) in [4.78, 5) is 24.4. The normalized spacial score (nSPS) is 10.4. The van der Waals surface area contributed by atoms with E-state index in [1.165, 1.54) is 0 Å². The molecular weight excluding hydrogens is 270 g/mol. The third kappa shape index (κ3) is 6.16. The van der Waals surface area contributed by atoms with Crippen LogP contribution in [0.15, 0.2) is 24.3 Å². The summed E-state index contributed by atoms with van der Waals surface area (Å²) in [5, 5.41) is 11.7. The van der Waals surface area contributed by atoms with E-state index in [-0.39, 0.29) is 25.4 Å². The number of nitrogen functional groups attached to an aromatic ring is 1. The molecule has 0 atom stereocenters. The van der Waals surface area contributed by atoms with Crippen molar-refractivity contribution in [2.24, 2.45) is 5.92 Å². The van der Waals surface area contributed by atoms with E-state index in [1.807, 2.05) is 19.9 Å². The van der Waals surface area contributed by atoms with Gasteiger partial charge >= 0.3 is 5.97 Å². The van der Waals surface area contributed by atoms with E-state index >= 15 is 0 Å². The molecular formula is C15H23N3O3. The lowest BCUT2D eigenvalue weighted by Crippen LogP contribution is -2.39. The van der Waals surface area contributed by atoms with Gasteiger partial charge in [0.05, 0.1) is 24.3 Å². The fourth-order valence-corrected chi connectivity index (χ4v) is 1.84. The lowest BCUT2D eigenvalue weighted by Gasteiger charge is -2.25. The molecule has 0 aliphatic rings. The summed E-state index contributed by atoms with van der Waals surface area (Å²) < 4.78 is 0. The molecule has 6 heteroatoms. The molecule has 0 aliphatic heterocycles. The van der Waals surface area contributed by atoms with E-state index in [9.17, 15) is 9.59 Å². The zero-order valence-electron chi connectivity index (χ0n) is 12.5. The number of carboxylic acids is 1. The SMILES string of the molecule is CC(C)CNC(=O)CN(CCC(=O)O)c1ccccc1N. The minimum absolute atomic E-state index is 0.0498. The lowest BCUT2D eigenvalue weighted by molar-refractivity contribution is -0.136. The molecule has 0 fully saturated rings. The summed E-state index contributed by atoms with van der Waals surface area (Å²) in [6.45, 7) is 4.94. The smallest absolute Gasteiger partial charge is 0.305 e. The number of hydrogen-bond acceptors (Lipinski definition) is 4. The minimum Gasteiger partial charge on any atom is -0.481 e. The Morgan fingerprint density at radius 1 is 1.33 bits per heavy atom. The fraction of sp³-hybridized carbons (Fsp3) is 0.467. The van der Waals surface area contributed by atoms with Crippen LogP contribution in [0.3, 0.4) is 0 Å². The molecule has 0 aromatic heterocycles. The van der Waals surface area contributed by atoms with Gasteiger partial charge in [-0.05, 0) is 18.1 Å². The van der Waals surface area contributed by atoms with Gasteiger partial charge in [-0.15, -0.1) is 0 Å².